The lowest BCUT2D eigenvalue weighted by atomic mass is 9.96. The minimum atomic E-state index is -0.329. The van der Waals surface area contributed by atoms with Crippen LogP contribution in [0, 0.1) is 0 Å². The summed E-state index contributed by atoms with van der Waals surface area (Å²) < 4.78 is 16.2. The molecule has 6 heteroatoms. The number of esters is 1. The van der Waals surface area contributed by atoms with E-state index in [4.69, 9.17) is 14.2 Å². The third kappa shape index (κ3) is 2.73. The van der Waals surface area contributed by atoms with E-state index in [9.17, 15) is 9.59 Å². The van der Waals surface area contributed by atoms with E-state index >= 15 is 0 Å². The van der Waals surface area contributed by atoms with E-state index in [1.807, 2.05) is 11.0 Å². The molecule has 0 spiro atoms. The molecule has 2 aliphatic rings. The van der Waals surface area contributed by atoms with E-state index in [-0.39, 0.29) is 25.3 Å². The number of carbonyl (C=O) groups excluding carboxylic acids is 2. The van der Waals surface area contributed by atoms with Crippen LogP contribution in [0.1, 0.15) is 30.5 Å². The lowest BCUT2D eigenvalue weighted by Gasteiger charge is -2.17. The zero-order valence-electron chi connectivity index (χ0n) is 12.8. The maximum absolute atomic E-state index is 11.6. The van der Waals surface area contributed by atoms with Gasteiger partial charge in [0.05, 0.1) is 0 Å². The molecular weight excluding hydrogens is 286 g/mol. The Labute approximate surface area is 128 Å². The van der Waals surface area contributed by atoms with Crippen molar-refractivity contribution in [2.75, 3.05) is 19.9 Å². The van der Waals surface area contributed by atoms with E-state index in [0.29, 0.717) is 24.6 Å². The molecule has 0 saturated heterocycles. The van der Waals surface area contributed by atoms with Crippen molar-refractivity contribution in [3.63, 3.8) is 0 Å². The molecule has 0 radical (unpaired) electrons. The lowest BCUT2D eigenvalue weighted by molar-refractivity contribution is -0.142. The summed E-state index contributed by atoms with van der Waals surface area (Å²) >= 11 is 0. The van der Waals surface area contributed by atoms with E-state index in [0.717, 1.165) is 29.5 Å². The Morgan fingerprint density at radius 2 is 2.00 bits per heavy atom. The molecular formula is C16H19NO5. The number of fused-ring (bicyclic) bond motifs is 2. The highest BCUT2D eigenvalue weighted by Gasteiger charge is 2.27. The molecule has 2 heterocycles. The third-order valence-electron chi connectivity index (χ3n) is 4.12. The van der Waals surface area contributed by atoms with Crippen molar-refractivity contribution >= 4 is 11.9 Å². The van der Waals surface area contributed by atoms with Crippen LogP contribution < -0.4 is 9.47 Å². The summed E-state index contributed by atoms with van der Waals surface area (Å²) in [6.07, 6.45) is 1.49. The molecule has 3 rings (SSSR count). The van der Waals surface area contributed by atoms with Crippen LogP contribution in [0.15, 0.2) is 6.07 Å². The fourth-order valence-corrected chi connectivity index (χ4v) is 3.00. The van der Waals surface area contributed by atoms with Crippen LogP contribution in [0.5, 0.6) is 11.5 Å². The fraction of sp³-hybridized carbons (Fsp3) is 0.500. The summed E-state index contributed by atoms with van der Waals surface area (Å²) in [7, 11) is 0. The maximum Gasteiger partial charge on any atom is 0.302 e. The molecule has 2 aliphatic heterocycles. The molecule has 0 saturated carbocycles. The molecule has 0 aromatic heterocycles. The van der Waals surface area contributed by atoms with Crippen molar-refractivity contribution in [2.45, 2.75) is 33.3 Å². The number of hydrogen-bond donors (Lipinski definition) is 0. The number of amides is 1. The number of benzene rings is 1. The number of carbonyl (C=O) groups is 2. The van der Waals surface area contributed by atoms with E-state index < -0.39 is 0 Å². The standard InChI is InChI=1S/C16H19NO5/c1-10(18)17-5-3-12-7-15-16(22-9-21-15)14(8-20-11(2)19)13(12)4-6-17/h7H,3-6,8-9H2,1-2H3. The van der Waals surface area contributed by atoms with Crippen LogP contribution in [0.25, 0.3) is 0 Å². The minimum Gasteiger partial charge on any atom is -0.461 e. The second kappa shape index (κ2) is 5.87. The monoisotopic (exact) mass is 305 g/mol. The second-order valence-corrected chi connectivity index (χ2v) is 5.51. The van der Waals surface area contributed by atoms with Gasteiger partial charge < -0.3 is 19.1 Å². The average molecular weight is 305 g/mol. The van der Waals surface area contributed by atoms with Gasteiger partial charge in [0.15, 0.2) is 11.5 Å². The van der Waals surface area contributed by atoms with E-state index in [1.165, 1.54) is 6.92 Å². The Kier molecular flexibility index (Phi) is 3.92. The van der Waals surface area contributed by atoms with Crippen molar-refractivity contribution < 1.29 is 23.8 Å². The largest absolute Gasteiger partial charge is 0.461 e. The molecule has 0 aliphatic carbocycles. The Hall–Kier alpha value is -2.24. The van der Waals surface area contributed by atoms with Gasteiger partial charge in [-0.3, -0.25) is 9.59 Å². The highest BCUT2D eigenvalue weighted by Crippen LogP contribution is 2.41. The van der Waals surface area contributed by atoms with Gasteiger partial charge in [-0.15, -0.1) is 0 Å². The first-order valence-corrected chi connectivity index (χ1v) is 7.38. The number of nitrogens with zero attached hydrogens (tertiary/aromatic N) is 1. The number of ether oxygens (including phenoxy) is 3. The normalized spacial score (nSPS) is 16.0. The molecule has 0 bridgehead atoms. The predicted molar refractivity (Wildman–Crippen MR) is 77.7 cm³/mol. The van der Waals surface area contributed by atoms with Crippen LogP contribution in [0.4, 0.5) is 0 Å². The molecule has 0 unspecified atom stereocenters. The maximum atomic E-state index is 11.6. The summed E-state index contributed by atoms with van der Waals surface area (Å²) in [5, 5.41) is 0. The van der Waals surface area contributed by atoms with Crippen molar-refractivity contribution in [3.05, 3.63) is 22.8 Å². The Bertz CT molecular complexity index is 625. The van der Waals surface area contributed by atoms with Gasteiger partial charge in [-0.25, -0.2) is 0 Å². The van der Waals surface area contributed by atoms with Gasteiger partial charge in [0.2, 0.25) is 12.7 Å². The number of rotatable bonds is 2. The average Bonchev–Trinajstić information content (AvgIpc) is 2.82. The molecule has 0 atom stereocenters. The third-order valence-corrected chi connectivity index (χ3v) is 4.12. The molecule has 0 fully saturated rings. The van der Waals surface area contributed by atoms with Crippen LogP contribution in [-0.4, -0.2) is 36.7 Å². The van der Waals surface area contributed by atoms with Crippen LogP contribution in [0.3, 0.4) is 0 Å². The summed E-state index contributed by atoms with van der Waals surface area (Å²) in [4.78, 5) is 24.6. The highest BCUT2D eigenvalue weighted by molar-refractivity contribution is 5.73. The molecule has 1 aromatic rings. The fourth-order valence-electron chi connectivity index (χ4n) is 3.00. The van der Waals surface area contributed by atoms with Crippen molar-refractivity contribution in [1.29, 1.82) is 0 Å². The summed E-state index contributed by atoms with van der Waals surface area (Å²) in [6, 6.07) is 1.98. The van der Waals surface area contributed by atoms with E-state index in [2.05, 4.69) is 0 Å². The van der Waals surface area contributed by atoms with Crippen LogP contribution in [0.2, 0.25) is 0 Å². The van der Waals surface area contributed by atoms with E-state index in [1.54, 1.807) is 6.92 Å². The summed E-state index contributed by atoms with van der Waals surface area (Å²) in [5.74, 6) is 1.10. The van der Waals surface area contributed by atoms with Crippen molar-refractivity contribution in [2.24, 2.45) is 0 Å². The molecule has 0 N–H and O–H groups in total. The van der Waals surface area contributed by atoms with Gasteiger partial charge in [-0.2, -0.15) is 0 Å². The van der Waals surface area contributed by atoms with Crippen LogP contribution in [-0.2, 0) is 33.8 Å². The van der Waals surface area contributed by atoms with Gasteiger partial charge in [0.25, 0.3) is 0 Å². The topological polar surface area (TPSA) is 65.1 Å². The first-order valence-electron chi connectivity index (χ1n) is 7.38. The zero-order valence-corrected chi connectivity index (χ0v) is 12.8. The lowest BCUT2D eigenvalue weighted by Crippen LogP contribution is -2.31. The molecule has 6 nitrogen and oxygen atoms in total. The second-order valence-electron chi connectivity index (χ2n) is 5.51. The smallest absolute Gasteiger partial charge is 0.302 e. The molecule has 118 valence electrons. The number of hydrogen-bond acceptors (Lipinski definition) is 5. The summed E-state index contributed by atoms with van der Waals surface area (Å²) in [5.41, 5.74) is 3.11. The zero-order chi connectivity index (χ0) is 15.7. The Balaban J connectivity index is 1.97. The Morgan fingerprint density at radius 1 is 1.23 bits per heavy atom. The van der Waals surface area contributed by atoms with Crippen LogP contribution >= 0.6 is 0 Å². The first kappa shape index (κ1) is 14.7. The quantitative estimate of drug-likeness (QED) is 0.773. The van der Waals surface area contributed by atoms with Gasteiger partial charge in [-0.1, -0.05) is 0 Å². The van der Waals surface area contributed by atoms with Gasteiger partial charge >= 0.3 is 5.97 Å². The van der Waals surface area contributed by atoms with Gasteiger partial charge in [0, 0.05) is 32.5 Å². The molecule has 1 amide bonds. The molecule has 1 aromatic carbocycles. The highest BCUT2D eigenvalue weighted by atomic mass is 16.7. The van der Waals surface area contributed by atoms with Crippen molar-refractivity contribution in [3.8, 4) is 11.5 Å². The van der Waals surface area contributed by atoms with Gasteiger partial charge in [0.1, 0.15) is 6.61 Å². The van der Waals surface area contributed by atoms with Crippen molar-refractivity contribution in [1.82, 2.24) is 4.90 Å². The molecule has 22 heavy (non-hydrogen) atoms. The summed E-state index contributed by atoms with van der Waals surface area (Å²) in [6.45, 7) is 4.68. The Morgan fingerprint density at radius 3 is 2.73 bits per heavy atom. The minimum absolute atomic E-state index is 0.0781. The van der Waals surface area contributed by atoms with Gasteiger partial charge in [-0.05, 0) is 30.0 Å². The SMILES string of the molecule is CC(=O)OCc1c2c(cc3c1OCO3)CCN(C(C)=O)CC2. The predicted octanol–water partition coefficient (Wildman–Crippen LogP) is 1.43. The first-order chi connectivity index (χ1) is 10.6.